The second-order valence-electron chi connectivity index (χ2n) is 2.10. The van der Waals surface area contributed by atoms with Gasteiger partial charge in [0.2, 0.25) is 0 Å². The average Bonchev–Trinajstić information content (AvgIpc) is 2.34. The Hall–Kier alpha value is -0.530. The average molecular weight is 169 g/mol. The van der Waals surface area contributed by atoms with Gasteiger partial charge in [-0.2, -0.15) is 0 Å². The molecular formula is C8H5ClS. The van der Waals surface area contributed by atoms with Gasteiger partial charge in [-0.05, 0) is 5.39 Å². The number of fused-ring (bicyclic) bond motifs is 1. The molecule has 0 spiro atoms. The molecule has 1 aromatic carbocycles. The third kappa shape index (κ3) is 0.825. The highest BCUT2D eigenvalue weighted by molar-refractivity contribution is 7.16. The summed E-state index contributed by atoms with van der Waals surface area (Å²) < 4.78 is 0.885. The number of halogens is 1. The molecule has 0 aliphatic rings. The zero-order valence-electron chi connectivity index (χ0n) is 5.17. The minimum Gasteiger partial charge on any atom is -0.131 e. The largest absolute Gasteiger partial charge is 0.131 e. The maximum absolute atomic E-state index is 5.89. The van der Waals surface area contributed by atoms with Gasteiger partial charge in [0, 0.05) is 10.8 Å². The van der Waals surface area contributed by atoms with Gasteiger partial charge in [0.25, 0.3) is 0 Å². The van der Waals surface area contributed by atoms with Crippen molar-refractivity contribution in [1.29, 1.82) is 0 Å². The Labute approximate surface area is 68.1 Å². The van der Waals surface area contributed by atoms with Crippen LogP contribution in [0.4, 0.5) is 0 Å². The molecule has 0 amide bonds. The van der Waals surface area contributed by atoms with E-state index in [9.17, 15) is 0 Å². The normalized spacial score (nSPS) is 10.5. The quantitative estimate of drug-likeness (QED) is 0.565. The molecule has 0 N–H and O–H groups in total. The summed E-state index contributed by atoms with van der Waals surface area (Å²) in [5, 5.41) is 4.46. The van der Waals surface area contributed by atoms with Crippen LogP contribution < -0.4 is 0 Å². The van der Waals surface area contributed by atoms with Crippen molar-refractivity contribution in [2.75, 3.05) is 0 Å². The lowest BCUT2D eigenvalue weighted by Crippen LogP contribution is -1.59. The van der Waals surface area contributed by atoms with Gasteiger partial charge in [-0.1, -0.05) is 35.9 Å². The topological polar surface area (TPSA) is 0 Å². The van der Waals surface area contributed by atoms with E-state index in [-0.39, 0.29) is 0 Å². The molecule has 0 saturated heterocycles. The van der Waals surface area contributed by atoms with Crippen LogP contribution in [0.2, 0.25) is 4.34 Å². The standard InChI is InChI=1S/C8H5ClS/c9-8-7-4-2-1-3-6(7)5-10-8/h1-5H. The van der Waals surface area contributed by atoms with Crippen molar-refractivity contribution in [3.63, 3.8) is 0 Å². The van der Waals surface area contributed by atoms with Gasteiger partial charge >= 0.3 is 0 Å². The number of thiophene rings is 1. The SMILES string of the molecule is Clc1scc2ccccc12. The fourth-order valence-corrected chi connectivity index (χ4v) is 2.01. The van der Waals surface area contributed by atoms with Crippen LogP contribution in [-0.2, 0) is 0 Å². The van der Waals surface area contributed by atoms with E-state index >= 15 is 0 Å². The molecule has 0 aliphatic heterocycles. The smallest absolute Gasteiger partial charge is 0.101 e. The molecule has 0 nitrogen and oxygen atoms in total. The van der Waals surface area contributed by atoms with Gasteiger partial charge < -0.3 is 0 Å². The van der Waals surface area contributed by atoms with Gasteiger partial charge in [-0.3, -0.25) is 0 Å². The lowest BCUT2D eigenvalue weighted by Gasteiger charge is -1.85. The summed E-state index contributed by atoms with van der Waals surface area (Å²) >= 11 is 7.47. The summed E-state index contributed by atoms with van der Waals surface area (Å²) in [6.45, 7) is 0. The molecular weight excluding hydrogens is 164 g/mol. The molecule has 2 rings (SSSR count). The molecule has 0 fully saturated rings. The maximum atomic E-state index is 5.89. The van der Waals surface area contributed by atoms with E-state index in [1.807, 2.05) is 18.2 Å². The summed E-state index contributed by atoms with van der Waals surface area (Å²) in [4.78, 5) is 0. The summed E-state index contributed by atoms with van der Waals surface area (Å²) in [7, 11) is 0. The number of hydrogen-bond donors (Lipinski definition) is 0. The first-order valence-electron chi connectivity index (χ1n) is 2.99. The molecule has 1 heterocycles. The van der Waals surface area contributed by atoms with Crippen molar-refractivity contribution in [1.82, 2.24) is 0 Å². The molecule has 2 aromatic rings. The van der Waals surface area contributed by atoms with Crippen LogP contribution in [0.25, 0.3) is 10.8 Å². The lowest BCUT2D eigenvalue weighted by molar-refractivity contribution is 1.85. The van der Waals surface area contributed by atoms with Crippen LogP contribution in [0.3, 0.4) is 0 Å². The fraction of sp³-hybridized carbons (Fsp3) is 0. The Balaban J connectivity index is 2.93. The van der Waals surface area contributed by atoms with Crippen molar-refractivity contribution in [2.45, 2.75) is 0 Å². The first kappa shape index (κ1) is 6.20. The van der Waals surface area contributed by atoms with Crippen molar-refractivity contribution >= 4 is 33.7 Å². The molecule has 2 heteroatoms. The molecule has 0 radical (unpaired) electrons. The van der Waals surface area contributed by atoms with E-state index in [0.717, 1.165) is 9.72 Å². The van der Waals surface area contributed by atoms with Gasteiger partial charge in [-0.25, -0.2) is 0 Å². The third-order valence-electron chi connectivity index (χ3n) is 1.46. The summed E-state index contributed by atoms with van der Waals surface area (Å²) in [6, 6.07) is 8.12. The molecule has 50 valence electrons. The Morgan fingerprint density at radius 1 is 1.20 bits per heavy atom. The minimum absolute atomic E-state index is 0.885. The number of hydrogen-bond acceptors (Lipinski definition) is 1. The summed E-state index contributed by atoms with van der Waals surface area (Å²) in [6.07, 6.45) is 0. The van der Waals surface area contributed by atoms with Crippen LogP contribution in [-0.4, -0.2) is 0 Å². The zero-order chi connectivity index (χ0) is 6.97. The second kappa shape index (κ2) is 2.26. The number of rotatable bonds is 0. The molecule has 0 unspecified atom stereocenters. The first-order chi connectivity index (χ1) is 4.88. The van der Waals surface area contributed by atoms with Crippen LogP contribution >= 0.6 is 22.9 Å². The van der Waals surface area contributed by atoms with Gasteiger partial charge in [0.05, 0.1) is 0 Å². The highest BCUT2D eigenvalue weighted by Crippen LogP contribution is 2.29. The third-order valence-corrected chi connectivity index (χ3v) is 2.73. The van der Waals surface area contributed by atoms with Gasteiger partial charge in [0.1, 0.15) is 4.34 Å². The molecule has 0 aliphatic carbocycles. The van der Waals surface area contributed by atoms with E-state index in [2.05, 4.69) is 11.4 Å². The Kier molecular flexibility index (Phi) is 1.40. The van der Waals surface area contributed by atoms with Gasteiger partial charge in [0.15, 0.2) is 0 Å². The summed E-state index contributed by atoms with van der Waals surface area (Å²) in [5.74, 6) is 0. The molecule has 0 saturated carbocycles. The second-order valence-corrected chi connectivity index (χ2v) is 3.58. The fourth-order valence-electron chi connectivity index (χ4n) is 0.957. The van der Waals surface area contributed by atoms with E-state index in [0.29, 0.717) is 0 Å². The molecule has 0 atom stereocenters. The van der Waals surface area contributed by atoms with Crippen molar-refractivity contribution in [2.24, 2.45) is 0 Å². The van der Waals surface area contributed by atoms with Crippen LogP contribution in [0, 0.1) is 0 Å². The predicted octanol–water partition coefficient (Wildman–Crippen LogP) is 3.55. The highest BCUT2D eigenvalue weighted by atomic mass is 35.5. The zero-order valence-corrected chi connectivity index (χ0v) is 6.75. The Morgan fingerprint density at radius 3 is 2.80 bits per heavy atom. The van der Waals surface area contributed by atoms with Crippen LogP contribution in [0.5, 0.6) is 0 Å². The van der Waals surface area contributed by atoms with E-state index < -0.39 is 0 Å². The van der Waals surface area contributed by atoms with Crippen molar-refractivity contribution < 1.29 is 0 Å². The van der Waals surface area contributed by atoms with Crippen molar-refractivity contribution in [3.8, 4) is 0 Å². The predicted molar refractivity (Wildman–Crippen MR) is 46.8 cm³/mol. The molecule has 1 aromatic heterocycles. The van der Waals surface area contributed by atoms with E-state index in [4.69, 9.17) is 11.6 Å². The van der Waals surface area contributed by atoms with Gasteiger partial charge in [-0.15, -0.1) is 11.3 Å². The number of benzene rings is 1. The summed E-state index contributed by atoms with van der Waals surface area (Å²) in [5.41, 5.74) is 0. The lowest BCUT2D eigenvalue weighted by atomic mass is 10.2. The highest BCUT2D eigenvalue weighted by Gasteiger charge is 1.97. The maximum Gasteiger partial charge on any atom is 0.101 e. The monoisotopic (exact) mass is 168 g/mol. The van der Waals surface area contributed by atoms with E-state index in [1.54, 1.807) is 11.3 Å². The Bertz CT molecular complexity index is 351. The van der Waals surface area contributed by atoms with Crippen LogP contribution in [0.1, 0.15) is 0 Å². The van der Waals surface area contributed by atoms with E-state index in [1.165, 1.54) is 5.39 Å². The first-order valence-corrected chi connectivity index (χ1v) is 4.25. The van der Waals surface area contributed by atoms with Crippen molar-refractivity contribution in [3.05, 3.63) is 34.0 Å². The molecule has 0 bridgehead atoms. The van der Waals surface area contributed by atoms with Crippen LogP contribution in [0.15, 0.2) is 29.6 Å². The Morgan fingerprint density at radius 2 is 2.00 bits per heavy atom. The minimum atomic E-state index is 0.885. The molecule has 10 heavy (non-hydrogen) atoms.